The van der Waals surface area contributed by atoms with Gasteiger partial charge in [0.05, 0.1) is 23.3 Å². The van der Waals surface area contributed by atoms with Crippen molar-refractivity contribution in [2.24, 2.45) is 0 Å². The zero-order chi connectivity index (χ0) is 15.4. The van der Waals surface area contributed by atoms with Gasteiger partial charge in [-0.2, -0.15) is 0 Å². The van der Waals surface area contributed by atoms with E-state index < -0.39 is 11.9 Å². The Hall–Kier alpha value is -2.43. The van der Waals surface area contributed by atoms with E-state index in [-0.39, 0.29) is 6.61 Å². The molecule has 1 unspecified atom stereocenters. The Morgan fingerprint density at radius 1 is 1.71 bits per heavy atom. The van der Waals surface area contributed by atoms with E-state index in [4.69, 9.17) is 26.8 Å². The molecule has 0 radical (unpaired) electrons. The fourth-order valence-corrected chi connectivity index (χ4v) is 2.47. The van der Waals surface area contributed by atoms with Crippen molar-refractivity contribution in [3.8, 4) is 0 Å². The number of carbonyl (C=O) groups is 1. The van der Waals surface area contributed by atoms with Crippen molar-refractivity contribution in [2.45, 2.75) is 12.8 Å². The number of hydrogen-bond acceptors (Lipinski definition) is 5. The summed E-state index contributed by atoms with van der Waals surface area (Å²) in [6.45, 7) is 5.35. The number of furan rings is 1. The Morgan fingerprint density at radius 3 is 3.05 bits per heavy atom. The summed E-state index contributed by atoms with van der Waals surface area (Å²) in [5, 5.41) is 10.4. The van der Waals surface area contributed by atoms with Crippen molar-refractivity contribution in [1.29, 1.82) is 5.41 Å². The first-order valence-electron chi connectivity index (χ1n) is 6.23. The van der Waals surface area contributed by atoms with Crippen LogP contribution in [0.1, 0.15) is 18.6 Å². The van der Waals surface area contributed by atoms with Gasteiger partial charge in [0.15, 0.2) is 0 Å². The first-order chi connectivity index (χ1) is 10.1. The van der Waals surface area contributed by atoms with Crippen LogP contribution in [0.15, 0.2) is 52.3 Å². The van der Waals surface area contributed by atoms with E-state index in [1.807, 2.05) is 0 Å². The Kier molecular flexibility index (Phi) is 4.52. The van der Waals surface area contributed by atoms with E-state index in [0.29, 0.717) is 27.6 Å². The van der Waals surface area contributed by atoms with Crippen molar-refractivity contribution >= 4 is 29.0 Å². The fourth-order valence-electron chi connectivity index (χ4n) is 2.15. The molecular weight excluding hydrogens is 288 g/mol. The minimum Gasteiger partial charge on any atom is -0.468 e. The summed E-state index contributed by atoms with van der Waals surface area (Å²) in [6, 6.07) is 3.44. The van der Waals surface area contributed by atoms with Gasteiger partial charge in [-0.05, 0) is 24.9 Å². The maximum absolute atomic E-state index is 12.3. The average Bonchev–Trinajstić information content (AvgIpc) is 2.97. The van der Waals surface area contributed by atoms with Gasteiger partial charge in [-0.1, -0.05) is 24.9 Å². The highest BCUT2D eigenvalue weighted by Gasteiger charge is 2.37. The van der Waals surface area contributed by atoms with Crippen molar-refractivity contribution in [3.05, 3.63) is 53.7 Å². The van der Waals surface area contributed by atoms with E-state index in [2.05, 4.69) is 17.8 Å². The molecule has 0 bridgehead atoms. The highest BCUT2D eigenvalue weighted by molar-refractivity contribution is 7.80. The molecule has 2 N–H and O–H groups in total. The van der Waals surface area contributed by atoms with Crippen LogP contribution in [0.25, 0.3) is 0 Å². The van der Waals surface area contributed by atoms with Gasteiger partial charge in [0.25, 0.3) is 0 Å². The third kappa shape index (κ3) is 2.86. The molecule has 21 heavy (non-hydrogen) atoms. The van der Waals surface area contributed by atoms with Crippen molar-refractivity contribution in [3.63, 3.8) is 0 Å². The van der Waals surface area contributed by atoms with Gasteiger partial charge < -0.3 is 14.5 Å². The van der Waals surface area contributed by atoms with Gasteiger partial charge in [-0.15, -0.1) is 0 Å². The lowest BCUT2D eigenvalue weighted by molar-refractivity contribution is -0.138. The lowest BCUT2D eigenvalue weighted by Crippen LogP contribution is -2.35. The highest BCUT2D eigenvalue weighted by Crippen LogP contribution is 2.36. The molecule has 1 aliphatic heterocycles. The number of carbonyl (C=O) groups excluding carboxylic acids is 1. The first kappa shape index (κ1) is 15.0. The van der Waals surface area contributed by atoms with Crippen LogP contribution in [-0.4, -0.2) is 23.4 Å². The molecular formula is C15H14N2O3S. The molecule has 0 saturated carbocycles. The topological polar surface area (TPSA) is 75.3 Å². The van der Waals surface area contributed by atoms with Gasteiger partial charge in [0.2, 0.25) is 0 Å². The Labute approximate surface area is 127 Å². The second-order valence-electron chi connectivity index (χ2n) is 4.37. The molecule has 2 heterocycles. The molecule has 0 amide bonds. The minimum absolute atomic E-state index is 0.106. The summed E-state index contributed by atoms with van der Waals surface area (Å²) in [4.78, 5) is 12.6. The lowest BCUT2D eigenvalue weighted by Gasteiger charge is -2.27. The number of ether oxygens (including phenoxy) is 1. The summed E-state index contributed by atoms with van der Waals surface area (Å²) in [7, 11) is 0. The summed E-state index contributed by atoms with van der Waals surface area (Å²) in [5.41, 5.74) is 1.31. The molecule has 2 rings (SSSR count). The van der Waals surface area contributed by atoms with Crippen molar-refractivity contribution in [1.82, 2.24) is 5.32 Å². The monoisotopic (exact) mass is 302 g/mol. The number of nitrogens with one attached hydrogen (secondary N) is 2. The van der Waals surface area contributed by atoms with Crippen LogP contribution in [0.2, 0.25) is 0 Å². The number of allylic oxidation sites excluding steroid dienone is 1. The average molecular weight is 302 g/mol. The molecule has 0 fully saturated rings. The predicted molar refractivity (Wildman–Crippen MR) is 82.3 cm³/mol. The van der Waals surface area contributed by atoms with Gasteiger partial charge in [0, 0.05) is 5.70 Å². The van der Waals surface area contributed by atoms with Crippen LogP contribution < -0.4 is 5.32 Å². The number of esters is 1. The Morgan fingerprint density at radius 2 is 2.48 bits per heavy atom. The van der Waals surface area contributed by atoms with E-state index in [1.165, 1.54) is 12.3 Å². The van der Waals surface area contributed by atoms with E-state index in [1.54, 1.807) is 19.1 Å². The largest absolute Gasteiger partial charge is 0.468 e. The molecule has 1 aromatic rings. The van der Waals surface area contributed by atoms with E-state index >= 15 is 0 Å². The third-order valence-corrected chi connectivity index (χ3v) is 3.36. The summed E-state index contributed by atoms with van der Waals surface area (Å²) >= 11 is 5.21. The molecule has 0 aliphatic carbocycles. The zero-order valence-electron chi connectivity index (χ0n) is 11.4. The zero-order valence-corrected chi connectivity index (χ0v) is 12.3. The van der Waals surface area contributed by atoms with Crippen LogP contribution in [0.3, 0.4) is 0 Å². The Bertz CT molecular complexity index is 667. The standard InChI is InChI=1S/C15H14N2O3S/c1-3-6-20-15(18)12-9(2)17-14(21)10(8-16)13(12)11-5-4-7-19-11/h3-5,7,13,16H,1,6H2,2H3,(H,17,21). The second-order valence-corrected chi connectivity index (χ2v) is 4.78. The van der Waals surface area contributed by atoms with Gasteiger partial charge >= 0.3 is 5.97 Å². The summed E-state index contributed by atoms with van der Waals surface area (Å²) < 4.78 is 10.5. The molecule has 0 aromatic carbocycles. The normalized spacial score (nSPS) is 18.0. The van der Waals surface area contributed by atoms with Gasteiger partial charge in [0.1, 0.15) is 17.4 Å². The minimum atomic E-state index is -0.594. The van der Waals surface area contributed by atoms with Crippen LogP contribution in [0, 0.1) is 5.41 Å². The quantitative estimate of drug-likeness (QED) is 0.294. The van der Waals surface area contributed by atoms with E-state index in [9.17, 15) is 4.79 Å². The van der Waals surface area contributed by atoms with Crippen molar-refractivity contribution < 1.29 is 13.9 Å². The predicted octanol–water partition coefficient (Wildman–Crippen LogP) is 2.47. The molecule has 108 valence electrons. The molecule has 0 spiro atoms. The SMILES string of the molecule is C=CCOC(=O)C1=C(C)NC(=S)C(=C=N)C1c1ccco1. The van der Waals surface area contributed by atoms with Gasteiger partial charge in [-0.25, -0.2) is 4.79 Å². The maximum atomic E-state index is 12.3. The summed E-state index contributed by atoms with van der Waals surface area (Å²) in [6.07, 6.45) is 2.99. The highest BCUT2D eigenvalue weighted by atomic mass is 32.1. The molecule has 5 nitrogen and oxygen atoms in total. The molecule has 1 atom stereocenters. The summed E-state index contributed by atoms with van der Waals surface area (Å²) in [5.74, 6) is 1.71. The van der Waals surface area contributed by atoms with E-state index in [0.717, 1.165) is 0 Å². The number of hydrogen-bond donors (Lipinski definition) is 2. The number of thiocarbonyl (C=S) groups is 1. The smallest absolute Gasteiger partial charge is 0.337 e. The molecule has 0 saturated heterocycles. The maximum Gasteiger partial charge on any atom is 0.337 e. The lowest BCUT2D eigenvalue weighted by atomic mass is 9.85. The van der Waals surface area contributed by atoms with Crippen LogP contribution >= 0.6 is 12.2 Å². The number of rotatable bonds is 4. The molecule has 1 aliphatic rings. The Balaban J connectivity index is 2.53. The van der Waals surface area contributed by atoms with Crippen molar-refractivity contribution in [2.75, 3.05) is 6.61 Å². The van der Waals surface area contributed by atoms with Crippen LogP contribution in [0.4, 0.5) is 0 Å². The second kappa shape index (κ2) is 6.35. The first-order valence-corrected chi connectivity index (χ1v) is 6.64. The van der Waals surface area contributed by atoms with Crippen LogP contribution in [0.5, 0.6) is 0 Å². The molecule has 1 aromatic heterocycles. The fraction of sp³-hybridized carbons (Fsp3) is 0.200. The van der Waals surface area contributed by atoms with Gasteiger partial charge in [-0.3, -0.25) is 5.41 Å². The van der Waals surface area contributed by atoms with Crippen LogP contribution in [-0.2, 0) is 9.53 Å². The molecule has 6 heteroatoms. The third-order valence-electron chi connectivity index (χ3n) is 3.04.